The van der Waals surface area contributed by atoms with Crippen molar-refractivity contribution >= 4 is 17.9 Å². The van der Waals surface area contributed by atoms with Crippen LogP contribution in [-0.2, 0) is 28.6 Å². The van der Waals surface area contributed by atoms with Crippen LogP contribution in [0.3, 0.4) is 0 Å². The second kappa shape index (κ2) is 64.6. The normalized spacial score (nSPS) is 12.4. The van der Waals surface area contributed by atoms with E-state index < -0.39 is 6.10 Å². The summed E-state index contributed by atoms with van der Waals surface area (Å²) in [5, 5.41) is 0. The molecular formula is C70H126O6. The molecule has 0 radical (unpaired) electrons. The maximum atomic E-state index is 12.9. The van der Waals surface area contributed by atoms with Crippen LogP contribution in [0.4, 0.5) is 0 Å². The van der Waals surface area contributed by atoms with Gasteiger partial charge in [0.2, 0.25) is 0 Å². The van der Waals surface area contributed by atoms with Crippen LogP contribution >= 0.6 is 0 Å². The number of carbonyl (C=O) groups is 3. The maximum Gasteiger partial charge on any atom is 0.306 e. The summed E-state index contributed by atoms with van der Waals surface area (Å²) in [6.07, 6.45) is 82.3. The molecule has 76 heavy (non-hydrogen) atoms. The Morgan fingerprint density at radius 2 is 0.474 bits per heavy atom. The van der Waals surface area contributed by atoms with Crippen LogP contribution in [0.15, 0.2) is 60.8 Å². The SMILES string of the molecule is CCCCC/C=C\C/C=C\CCCCCCCCCC(=O)OC(COC(=O)CCCCCCCCCCCCCC)COC(=O)CCCCCCCCCCCCCCCC/C=C\C/C=C\C/C=C\CCCCCCC. The first kappa shape index (κ1) is 73.1. The van der Waals surface area contributed by atoms with E-state index in [1.165, 1.54) is 225 Å². The van der Waals surface area contributed by atoms with Gasteiger partial charge in [-0.15, -0.1) is 0 Å². The molecule has 6 heteroatoms. The van der Waals surface area contributed by atoms with Gasteiger partial charge >= 0.3 is 17.9 Å². The highest BCUT2D eigenvalue weighted by Crippen LogP contribution is 2.17. The lowest BCUT2D eigenvalue weighted by atomic mass is 10.0. The quantitative estimate of drug-likeness (QED) is 0.0261. The van der Waals surface area contributed by atoms with Gasteiger partial charge < -0.3 is 14.2 Å². The average Bonchev–Trinajstić information content (AvgIpc) is 3.42. The minimum atomic E-state index is -0.777. The Kier molecular flexibility index (Phi) is 62.2. The van der Waals surface area contributed by atoms with Crippen molar-refractivity contribution in [1.29, 1.82) is 0 Å². The van der Waals surface area contributed by atoms with Gasteiger partial charge in [0.05, 0.1) is 0 Å². The lowest BCUT2D eigenvalue weighted by molar-refractivity contribution is -0.167. The fourth-order valence-electron chi connectivity index (χ4n) is 9.72. The van der Waals surface area contributed by atoms with Crippen molar-refractivity contribution in [2.75, 3.05) is 13.2 Å². The molecule has 0 heterocycles. The highest BCUT2D eigenvalue weighted by atomic mass is 16.6. The van der Waals surface area contributed by atoms with E-state index in [0.717, 1.165) is 83.5 Å². The summed E-state index contributed by atoms with van der Waals surface area (Å²) in [5.41, 5.74) is 0. The molecule has 0 saturated carbocycles. The number of unbranched alkanes of at least 4 members (excludes halogenated alkanes) is 40. The number of hydrogen-bond acceptors (Lipinski definition) is 6. The Labute approximate surface area is 472 Å². The molecule has 6 nitrogen and oxygen atoms in total. The van der Waals surface area contributed by atoms with Crippen LogP contribution in [0.2, 0.25) is 0 Å². The summed E-state index contributed by atoms with van der Waals surface area (Å²) in [4.78, 5) is 38.3. The smallest absolute Gasteiger partial charge is 0.306 e. The van der Waals surface area contributed by atoms with Crippen LogP contribution in [-0.4, -0.2) is 37.2 Å². The number of allylic oxidation sites excluding steroid dienone is 10. The van der Waals surface area contributed by atoms with Gasteiger partial charge in [-0.05, 0) is 89.9 Å². The van der Waals surface area contributed by atoms with Gasteiger partial charge in [0, 0.05) is 19.3 Å². The van der Waals surface area contributed by atoms with E-state index in [-0.39, 0.29) is 31.1 Å². The predicted octanol–water partition coefficient (Wildman–Crippen LogP) is 22.7. The molecule has 0 saturated heterocycles. The van der Waals surface area contributed by atoms with Crippen molar-refractivity contribution in [1.82, 2.24) is 0 Å². The third-order valence-corrected chi connectivity index (χ3v) is 14.7. The van der Waals surface area contributed by atoms with Gasteiger partial charge in [-0.3, -0.25) is 14.4 Å². The number of carbonyl (C=O) groups excluding carboxylic acids is 3. The Hall–Kier alpha value is -2.89. The lowest BCUT2D eigenvalue weighted by Gasteiger charge is -2.18. The third-order valence-electron chi connectivity index (χ3n) is 14.7. The maximum absolute atomic E-state index is 12.9. The standard InChI is InChI=1S/C70H126O6/c1-4-7-10-13-16-19-22-25-27-29-30-31-32-33-34-35-36-37-38-39-40-42-43-45-48-51-54-57-60-63-69(72)75-66-67(65-74-68(71)62-59-56-53-50-47-24-21-18-15-12-9-6-3)76-70(73)64-61-58-55-52-49-46-44-41-28-26-23-20-17-14-11-8-5-2/h17,20,22,25-26,28-30,32-33,67H,4-16,18-19,21,23-24,27,31,34-66H2,1-3H3/b20-17-,25-22-,28-26-,30-29-,33-32-. The predicted molar refractivity (Wildman–Crippen MR) is 330 cm³/mol. The van der Waals surface area contributed by atoms with Crippen molar-refractivity contribution in [2.24, 2.45) is 0 Å². The zero-order chi connectivity index (χ0) is 55.0. The summed E-state index contributed by atoms with van der Waals surface area (Å²) in [5.74, 6) is -0.864. The van der Waals surface area contributed by atoms with E-state index in [0.29, 0.717) is 19.3 Å². The van der Waals surface area contributed by atoms with E-state index in [1.807, 2.05) is 0 Å². The van der Waals surface area contributed by atoms with Crippen LogP contribution in [0.5, 0.6) is 0 Å². The molecule has 442 valence electrons. The number of rotatable bonds is 61. The molecule has 0 bridgehead atoms. The minimum Gasteiger partial charge on any atom is -0.462 e. The molecule has 0 aromatic carbocycles. The number of hydrogen-bond donors (Lipinski definition) is 0. The molecule has 0 aliphatic rings. The zero-order valence-corrected chi connectivity index (χ0v) is 50.8. The van der Waals surface area contributed by atoms with E-state index in [9.17, 15) is 14.4 Å². The average molecular weight is 1060 g/mol. The van der Waals surface area contributed by atoms with Crippen molar-refractivity contribution in [3.8, 4) is 0 Å². The van der Waals surface area contributed by atoms with Gasteiger partial charge in [0.15, 0.2) is 6.10 Å². The zero-order valence-electron chi connectivity index (χ0n) is 50.8. The molecular weight excluding hydrogens is 937 g/mol. The summed E-state index contributed by atoms with van der Waals surface area (Å²) in [6.45, 7) is 6.64. The minimum absolute atomic E-state index is 0.0735. The fraction of sp³-hybridized carbons (Fsp3) is 0.814. The highest BCUT2D eigenvalue weighted by Gasteiger charge is 2.19. The lowest BCUT2D eigenvalue weighted by Crippen LogP contribution is -2.30. The first-order valence-electron chi connectivity index (χ1n) is 33.3. The Morgan fingerprint density at radius 1 is 0.263 bits per heavy atom. The molecule has 0 fully saturated rings. The van der Waals surface area contributed by atoms with Gasteiger partial charge in [0.1, 0.15) is 13.2 Å². The van der Waals surface area contributed by atoms with Crippen LogP contribution < -0.4 is 0 Å². The van der Waals surface area contributed by atoms with Crippen molar-refractivity contribution in [2.45, 2.75) is 354 Å². The van der Waals surface area contributed by atoms with E-state index >= 15 is 0 Å². The second-order valence-corrected chi connectivity index (χ2v) is 22.4. The Morgan fingerprint density at radius 3 is 0.763 bits per heavy atom. The molecule has 0 aromatic rings. The van der Waals surface area contributed by atoms with Crippen molar-refractivity contribution in [3.63, 3.8) is 0 Å². The second-order valence-electron chi connectivity index (χ2n) is 22.4. The molecule has 1 unspecified atom stereocenters. The molecule has 0 aromatic heterocycles. The molecule has 0 aliphatic carbocycles. The third kappa shape index (κ3) is 62.0. The number of ether oxygens (including phenoxy) is 3. The summed E-state index contributed by atoms with van der Waals surface area (Å²) in [7, 11) is 0. The molecule has 1 atom stereocenters. The molecule has 0 rings (SSSR count). The molecule has 0 amide bonds. The highest BCUT2D eigenvalue weighted by molar-refractivity contribution is 5.71. The topological polar surface area (TPSA) is 78.9 Å². The van der Waals surface area contributed by atoms with E-state index in [1.54, 1.807) is 0 Å². The van der Waals surface area contributed by atoms with Gasteiger partial charge in [0.25, 0.3) is 0 Å². The summed E-state index contributed by atoms with van der Waals surface area (Å²) >= 11 is 0. The number of esters is 3. The van der Waals surface area contributed by atoms with Crippen LogP contribution in [0.1, 0.15) is 348 Å². The van der Waals surface area contributed by atoms with E-state index in [2.05, 4.69) is 81.5 Å². The first-order valence-corrected chi connectivity index (χ1v) is 33.3. The van der Waals surface area contributed by atoms with Gasteiger partial charge in [-0.1, -0.05) is 300 Å². The molecule has 0 aliphatic heterocycles. The van der Waals surface area contributed by atoms with E-state index in [4.69, 9.17) is 14.2 Å². The van der Waals surface area contributed by atoms with Crippen molar-refractivity contribution in [3.05, 3.63) is 60.8 Å². The Balaban J connectivity index is 4.20. The summed E-state index contributed by atoms with van der Waals surface area (Å²) in [6, 6.07) is 0. The largest absolute Gasteiger partial charge is 0.462 e. The fourth-order valence-corrected chi connectivity index (χ4v) is 9.72. The van der Waals surface area contributed by atoms with Gasteiger partial charge in [-0.2, -0.15) is 0 Å². The summed E-state index contributed by atoms with van der Waals surface area (Å²) < 4.78 is 16.9. The monoisotopic (exact) mass is 1060 g/mol. The van der Waals surface area contributed by atoms with Crippen LogP contribution in [0.25, 0.3) is 0 Å². The molecule has 0 spiro atoms. The molecule has 0 N–H and O–H groups in total. The van der Waals surface area contributed by atoms with Crippen LogP contribution in [0, 0.1) is 0 Å². The van der Waals surface area contributed by atoms with Crippen molar-refractivity contribution < 1.29 is 28.6 Å². The first-order chi connectivity index (χ1) is 37.5. The van der Waals surface area contributed by atoms with Gasteiger partial charge in [-0.25, -0.2) is 0 Å². The Bertz CT molecular complexity index is 1360.